The molecule has 0 heterocycles. The first-order valence-corrected chi connectivity index (χ1v) is 3.10. The van der Waals surface area contributed by atoms with Crippen molar-refractivity contribution < 1.29 is 4.39 Å². The third-order valence-electron chi connectivity index (χ3n) is 1.56. The van der Waals surface area contributed by atoms with Crippen LogP contribution in [0.15, 0.2) is 12.2 Å². The van der Waals surface area contributed by atoms with Crippen LogP contribution >= 0.6 is 0 Å². The largest absolute Gasteiger partial charge is 0.247 e. The Kier molecular flexibility index (Phi) is 1.66. The highest BCUT2D eigenvalue weighted by molar-refractivity contribution is 4.99. The molecule has 8 heavy (non-hydrogen) atoms. The summed E-state index contributed by atoms with van der Waals surface area (Å²) in [7, 11) is 0. The average Bonchev–Trinajstić information content (AvgIpc) is 1.64. The van der Waals surface area contributed by atoms with Crippen LogP contribution in [0.1, 0.15) is 25.7 Å². The molecule has 0 bridgehead atoms. The van der Waals surface area contributed by atoms with Crippen molar-refractivity contribution in [3.63, 3.8) is 0 Å². The number of hydrogen-bond acceptors (Lipinski definition) is 0. The van der Waals surface area contributed by atoms with Crippen molar-refractivity contribution in [3.05, 3.63) is 12.2 Å². The SMILES string of the molecule is C=C1CCCC(F)C1. The van der Waals surface area contributed by atoms with Crippen molar-refractivity contribution >= 4 is 0 Å². The first kappa shape index (κ1) is 5.80. The Bertz CT molecular complexity index is 96.6. The first-order chi connectivity index (χ1) is 3.79. The zero-order valence-corrected chi connectivity index (χ0v) is 4.99. The lowest BCUT2D eigenvalue weighted by Gasteiger charge is -2.15. The second-order valence-corrected chi connectivity index (χ2v) is 2.44. The van der Waals surface area contributed by atoms with Crippen molar-refractivity contribution in [1.82, 2.24) is 0 Å². The second kappa shape index (κ2) is 2.29. The monoisotopic (exact) mass is 114 g/mol. The van der Waals surface area contributed by atoms with Crippen molar-refractivity contribution in [2.45, 2.75) is 31.9 Å². The Balaban J connectivity index is 2.34. The highest BCUT2D eigenvalue weighted by atomic mass is 19.1. The third kappa shape index (κ3) is 1.32. The van der Waals surface area contributed by atoms with E-state index in [0.29, 0.717) is 6.42 Å². The van der Waals surface area contributed by atoms with E-state index in [2.05, 4.69) is 6.58 Å². The Hall–Kier alpha value is -0.330. The summed E-state index contributed by atoms with van der Waals surface area (Å²) >= 11 is 0. The predicted molar refractivity (Wildman–Crippen MR) is 32.5 cm³/mol. The molecule has 0 aliphatic heterocycles. The summed E-state index contributed by atoms with van der Waals surface area (Å²) in [6.07, 6.45) is 2.82. The summed E-state index contributed by atoms with van der Waals surface area (Å²) in [5.41, 5.74) is 1.09. The van der Waals surface area contributed by atoms with Crippen LogP contribution in [0.5, 0.6) is 0 Å². The molecule has 0 aromatic rings. The smallest absolute Gasteiger partial charge is 0.104 e. The van der Waals surface area contributed by atoms with Crippen molar-refractivity contribution in [1.29, 1.82) is 0 Å². The molecule has 0 aromatic heterocycles. The van der Waals surface area contributed by atoms with E-state index >= 15 is 0 Å². The Morgan fingerprint density at radius 3 is 2.75 bits per heavy atom. The molecule has 1 fully saturated rings. The summed E-state index contributed by atoms with van der Waals surface area (Å²) < 4.78 is 12.4. The van der Waals surface area contributed by atoms with Gasteiger partial charge in [-0.3, -0.25) is 0 Å². The topological polar surface area (TPSA) is 0 Å². The Labute approximate surface area is 49.4 Å². The van der Waals surface area contributed by atoms with Crippen LogP contribution in [0.4, 0.5) is 4.39 Å². The highest BCUT2D eigenvalue weighted by Gasteiger charge is 2.13. The third-order valence-corrected chi connectivity index (χ3v) is 1.56. The van der Waals surface area contributed by atoms with Gasteiger partial charge in [-0.25, -0.2) is 4.39 Å². The zero-order valence-electron chi connectivity index (χ0n) is 4.99. The maximum Gasteiger partial charge on any atom is 0.104 e. The number of halogens is 1. The van der Waals surface area contributed by atoms with Gasteiger partial charge in [0.15, 0.2) is 0 Å². The van der Waals surface area contributed by atoms with Gasteiger partial charge < -0.3 is 0 Å². The van der Waals surface area contributed by atoms with Gasteiger partial charge in [0.05, 0.1) is 0 Å². The highest BCUT2D eigenvalue weighted by Crippen LogP contribution is 2.23. The second-order valence-electron chi connectivity index (χ2n) is 2.44. The minimum absolute atomic E-state index is 0.587. The number of hydrogen-bond donors (Lipinski definition) is 0. The maximum absolute atomic E-state index is 12.4. The average molecular weight is 114 g/mol. The molecule has 0 amide bonds. The fourth-order valence-electron chi connectivity index (χ4n) is 1.09. The van der Waals surface area contributed by atoms with Crippen LogP contribution < -0.4 is 0 Å². The van der Waals surface area contributed by atoms with Gasteiger partial charge in [0.2, 0.25) is 0 Å². The minimum atomic E-state index is -0.587. The molecule has 0 spiro atoms. The quantitative estimate of drug-likeness (QED) is 0.424. The first-order valence-electron chi connectivity index (χ1n) is 3.10. The zero-order chi connectivity index (χ0) is 5.98. The Morgan fingerprint density at radius 1 is 1.62 bits per heavy atom. The molecular formula is C7H11F. The number of alkyl halides is 1. The van der Waals surface area contributed by atoms with E-state index in [-0.39, 0.29) is 0 Å². The molecule has 1 heteroatoms. The standard InChI is InChI=1S/C7H11F/c1-6-3-2-4-7(8)5-6/h7H,1-5H2. The molecule has 1 rings (SSSR count). The van der Waals surface area contributed by atoms with E-state index in [9.17, 15) is 4.39 Å². The molecule has 0 nitrogen and oxygen atoms in total. The van der Waals surface area contributed by atoms with Gasteiger partial charge in [0.25, 0.3) is 0 Å². The molecule has 0 aromatic carbocycles. The summed E-state index contributed by atoms with van der Waals surface area (Å²) in [6, 6.07) is 0. The van der Waals surface area contributed by atoms with Gasteiger partial charge in [-0.2, -0.15) is 0 Å². The fourth-order valence-corrected chi connectivity index (χ4v) is 1.09. The molecule has 0 radical (unpaired) electrons. The molecule has 1 atom stereocenters. The molecule has 1 aliphatic carbocycles. The van der Waals surface area contributed by atoms with E-state index < -0.39 is 6.17 Å². The normalized spacial score (nSPS) is 30.6. The molecular weight excluding hydrogens is 103 g/mol. The summed E-state index contributed by atoms with van der Waals surface area (Å²) in [4.78, 5) is 0. The minimum Gasteiger partial charge on any atom is -0.247 e. The van der Waals surface area contributed by atoms with Gasteiger partial charge in [-0.15, -0.1) is 0 Å². The van der Waals surface area contributed by atoms with Crippen LogP contribution in [-0.4, -0.2) is 6.17 Å². The van der Waals surface area contributed by atoms with Crippen LogP contribution in [0, 0.1) is 0 Å². The van der Waals surface area contributed by atoms with Crippen LogP contribution in [0.25, 0.3) is 0 Å². The van der Waals surface area contributed by atoms with Crippen LogP contribution in [0.3, 0.4) is 0 Å². The summed E-state index contributed by atoms with van der Waals surface area (Å²) in [5.74, 6) is 0. The summed E-state index contributed by atoms with van der Waals surface area (Å²) in [5, 5.41) is 0. The molecule has 1 unspecified atom stereocenters. The van der Waals surface area contributed by atoms with E-state index in [1.807, 2.05) is 0 Å². The van der Waals surface area contributed by atoms with Gasteiger partial charge >= 0.3 is 0 Å². The van der Waals surface area contributed by atoms with Gasteiger partial charge in [-0.1, -0.05) is 12.2 Å². The predicted octanol–water partition coefficient (Wildman–Crippen LogP) is 2.45. The van der Waals surface area contributed by atoms with Crippen molar-refractivity contribution in [2.75, 3.05) is 0 Å². The van der Waals surface area contributed by atoms with Gasteiger partial charge in [-0.05, 0) is 25.7 Å². The maximum atomic E-state index is 12.4. The van der Waals surface area contributed by atoms with Crippen molar-refractivity contribution in [3.8, 4) is 0 Å². The molecule has 1 saturated carbocycles. The number of rotatable bonds is 0. The van der Waals surface area contributed by atoms with E-state index in [1.165, 1.54) is 0 Å². The number of allylic oxidation sites excluding steroid dienone is 1. The lowest BCUT2D eigenvalue weighted by atomic mass is 9.95. The van der Waals surface area contributed by atoms with Gasteiger partial charge in [0.1, 0.15) is 6.17 Å². The fraction of sp³-hybridized carbons (Fsp3) is 0.714. The lowest BCUT2D eigenvalue weighted by Crippen LogP contribution is -2.06. The molecule has 46 valence electrons. The molecule has 0 saturated heterocycles. The van der Waals surface area contributed by atoms with Crippen LogP contribution in [-0.2, 0) is 0 Å². The molecule has 0 N–H and O–H groups in total. The lowest BCUT2D eigenvalue weighted by molar-refractivity contribution is 0.284. The summed E-state index contributed by atoms with van der Waals surface area (Å²) in [6.45, 7) is 3.72. The van der Waals surface area contributed by atoms with Crippen molar-refractivity contribution in [2.24, 2.45) is 0 Å². The van der Waals surface area contributed by atoms with E-state index in [1.54, 1.807) is 0 Å². The molecule has 1 aliphatic rings. The van der Waals surface area contributed by atoms with E-state index in [0.717, 1.165) is 24.8 Å². The van der Waals surface area contributed by atoms with Crippen LogP contribution in [0.2, 0.25) is 0 Å². The van der Waals surface area contributed by atoms with E-state index in [4.69, 9.17) is 0 Å². The van der Waals surface area contributed by atoms with Gasteiger partial charge in [0, 0.05) is 0 Å². The Morgan fingerprint density at radius 2 is 2.38 bits per heavy atom.